The summed E-state index contributed by atoms with van der Waals surface area (Å²) >= 11 is 10.2. The molecule has 0 radical (unpaired) electrons. The number of alkyl halides is 1. The maximum absolute atomic E-state index is 6.51. The zero-order chi connectivity index (χ0) is 13.2. The van der Waals surface area contributed by atoms with Crippen molar-refractivity contribution >= 4 is 27.5 Å². The van der Waals surface area contributed by atoms with E-state index in [0.717, 1.165) is 35.4 Å². The van der Waals surface area contributed by atoms with Crippen LogP contribution in [0.15, 0.2) is 0 Å². The monoisotopic (exact) mass is 332 g/mol. The topological polar surface area (TPSA) is 17.8 Å². The lowest BCUT2D eigenvalue weighted by atomic mass is 9.83. The molecule has 0 amide bonds. The van der Waals surface area contributed by atoms with Crippen molar-refractivity contribution in [1.82, 2.24) is 9.78 Å². The van der Waals surface area contributed by atoms with Crippen molar-refractivity contribution in [2.45, 2.75) is 58.9 Å². The van der Waals surface area contributed by atoms with E-state index in [1.807, 2.05) is 0 Å². The number of hydrogen-bond donors (Lipinski definition) is 0. The van der Waals surface area contributed by atoms with E-state index in [2.05, 4.69) is 39.6 Å². The fraction of sp³-hybridized carbons (Fsp3) is 0.786. The van der Waals surface area contributed by atoms with Crippen LogP contribution in [0.5, 0.6) is 0 Å². The maximum atomic E-state index is 6.51. The van der Waals surface area contributed by atoms with Gasteiger partial charge in [0.2, 0.25) is 0 Å². The van der Waals surface area contributed by atoms with E-state index in [1.54, 1.807) is 0 Å². The lowest BCUT2D eigenvalue weighted by Crippen LogP contribution is -2.23. The van der Waals surface area contributed by atoms with Crippen LogP contribution in [0.3, 0.4) is 0 Å². The molecule has 0 bridgehead atoms. The Bertz CT molecular complexity index is 408. The van der Waals surface area contributed by atoms with Crippen LogP contribution in [-0.4, -0.2) is 15.1 Å². The van der Waals surface area contributed by atoms with Gasteiger partial charge in [0, 0.05) is 11.9 Å². The van der Waals surface area contributed by atoms with Gasteiger partial charge < -0.3 is 0 Å². The molecular formula is C14H22BrClN2. The van der Waals surface area contributed by atoms with E-state index in [-0.39, 0.29) is 0 Å². The molecule has 0 spiro atoms. The molecule has 1 aliphatic rings. The fourth-order valence-electron chi connectivity index (χ4n) is 3.02. The Balaban J connectivity index is 2.29. The Hall–Kier alpha value is -0.0200. The van der Waals surface area contributed by atoms with Crippen LogP contribution in [0.1, 0.15) is 50.9 Å². The molecule has 1 aliphatic carbocycles. The quantitative estimate of drug-likeness (QED) is 0.719. The Morgan fingerprint density at radius 1 is 1.33 bits per heavy atom. The average Bonchev–Trinajstić information content (AvgIpc) is 2.97. The van der Waals surface area contributed by atoms with E-state index in [0.29, 0.717) is 5.41 Å². The van der Waals surface area contributed by atoms with Crippen LogP contribution < -0.4 is 0 Å². The van der Waals surface area contributed by atoms with Crippen molar-refractivity contribution in [3.63, 3.8) is 0 Å². The average molecular weight is 334 g/mol. The van der Waals surface area contributed by atoms with Gasteiger partial charge in [-0.2, -0.15) is 5.10 Å². The number of aromatic nitrogens is 2. The Morgan fingerprint density at radius 2 is 2.00 bits per heavy atom. The molecule has 1 saturated carbocycles. The third-order valence-electron chi connectivity index (χ3n) is 4.18. The molecule has 0 aliphatic heterocycles. The lowest BCUT2D eigenvalue weighted by Gasteiger charge is -2.26. The van der Waals surface area contributed by atoms with Crippen molar-refractivity contribution in [3.05, 3.63) is 16.4 Å². The van der Waals surface area contributed by atoms with Crippen LogP contribution in [0.2, 0.25) is 5.02 Å². The second-order valence-electron chi connectivity index (χ2n) is 5.39. The van der Waals surface area contributed by atoms with Gasteiger partial charge in [0.05, 0.1) is 16.4 Å². The normalized spacial score (nSPS) is 18.4. The number of hydrogen-bond acceptors (Lipinski definition) is 1. The highest BCUT2D eigenvalue weighted by Crippen LogP contribution is 2.43. The molecule has 0 unspecified atom stereocenters. The van der Waals surface area contributed by atoms with Gasteiger partial charge in [-0.25, -0.2) is 0 Å². The van der Waals surface area contributed by atoms with Gasteiger partial charge in [-0.1, -0.05) is 47.3 Å². The Labute approximate surface area is 123 Å². The van der Waals surface area contributed by atoms with Crippen molar-refractivity contribution in [2.24, 2.45) is 5.41 Å². The minimum absolute atomic E-state index is 0.404. The summed E-state index contributed by atoms with van der Waals surface area (Å²) in [6, 6.07) is 0. The third-order valence-corrected chi connectivity index (χ3v) is 5.81. The summed E-state index contributed by atoms with van der Waals surface area (Å²) in [5.41, 5.74) is 2.70. The number of aryl methyl sites for hydroxylation is 2. The van der Waals surface area contributed by atoms with E-state index in [1.165, 1.54) is 31.4 Å². The highest BCUT2D eigenvalue weighted by atomic mass is 79.9. The standard InChI is InChI=1S/C14H22BrClN2/c1-3-11-13(16)12(18(4-2)17-11)9-14(10-15)7-5-6-8-14/h3-10H2,1-2H3. The second kappa shape index (κ2) is 5.96. The van der Waals surface area contributed by atoms with Gasteiger partial charge >= 0.3 is 0 Å². The van der Waals surface area contributed by atoms with Gasteiger partial charge in [-0.3, -0.25) is 4.68 Å². The summed E-state index contributed by atoms with van der Waals surface area (Å²) in [6.07, 6.45) is 7.31. The Kier molecular flexibility index (Phi) is 4.76. The van der Waals surface area contributed by atoms with Crippen LogP contribution >= 0.6 is 27.5 Å². The molecule has 1 heterocycles. The minimum Gasteiger partial charge on any atom is -0.268 e. The molecule has 2 rings (SSSR count). The predicted octanol–water partition coefficient (Wildman–Crippen LogP) is 4.62. The maximum Gasteiger partial charge on any atom is 0.0850 e. The molecule has 102 valence electrons. The third kappa shape index (κ3) is 2.62. The van der Waals surface area contributed by atoms with E-state index < -0.39 is 0 Å². The molecule has 1 fully saturated rings. The zero-order valence-electron chi connectivity index (χ0n) is 11.3. The highest BCUT2D eigenvalue weighted by Gasteiger charge is 2.35. The van der Waals surface area contributed by atoms with E-state index in [4.69, 9.17) is 11.6 Å². The summed E-state index contributed by atoms with van der Waals surface area (Å²) in [4.78, 5) is 0. The van der Waals surface area contributed by atoms with Crippen LogP contribution in [0.4, 0.5) is 0 Å². The van der Waals surface area contributed by atoms with Crippen molar-refractivity contribution < 1.29 is 0 Å². The molecule has 1 aromatic rings. The van der Waals surface area contributed by atoms with Crippen LogP contribution in [0, 0.1) is 5.41 Å². The van der Waals surface area contributed by atoms with Gasteiger partial charge in [0.25, 0.3) is 0 Å². The molecule has 0 N–H and O–H groups in total. The number of rotatable bonds is 5. The summed E-state index contributed by atoms with van der Waals surface area (Å²) in [6.45, 7) is 5.17. The molecule has 1 aromatic heterocycles. The van der Waals surface area contributed by atoms with Crippen molar-refractivity contribution in [3.8, 4) is 0 Å². The van der Waals surface area contributed by atoms with E-state index in [9.17, 15) is 0 Å². The SMILES string of the molecule is CCc1nn(CC)c(CC2(CBr)CCCC2)c1Cl. The van der Waals surface area contributed by atoms with Crippen molar-refractivity contribution in [1.29, 1.82) is 0 Å². The molecule has 4 heteroatoms. The van der Waals surface area contributed by atoms with Gasteiger partial charge in [-0.15, -0.1) is 0 Å². The number of halogens is 2. The first-order valence-electron chi connectivity index (χ1n) is 6.96. The largest absolute Gasteiger partial charge is 0.268 e. The van der Waals surface area contributed by atoms with Crippen LogP contribution in [0.25, 0.3) is 0 Å². The zero-order valence-corrected chi connectivity index (χ0v) is 13.6. The summed E-state index contributed by atoms with van der Waals surface area (Å²) in [5.74, 6) is 0. The summed E-state index contributed by atoms with van der Waals surface area (Å²) in [7, 11) is 0. The lowest BCUT2D eigenvalue weighted by molar-refractivity contribution is 0.335. The second-order valence-corrected chi connectivity index (χ2v) is 6.33. The smallest absolute Gasteiger partial charge is 0.0850 e. The molecule has 0 saturated heterocycles. The molecule has 0 atom stereocenters. The first-order chi connectivity index (χ1) is 8.65. The highest BCUT2D eigenvalue weighted by molar-refractivity contribution is 9.09. The summed E-state index contributed by atoms with van der Waals surface area (Å²) < 4.78 is 2.10. The molecular weight excluding hydrogens is 312 g/mol. The van der Waals surface area contributed by atoms with Gasteiger partial charge in [-0.05, 0) is 38.0 Å². The fourth-order valence-corrected chi connectivity index (χ4v) is 4.12. The Morgan fingerprint density at radius 3 is 2.50 bits per heavy atom. The molecule has 0 aromatic carbocycles. The predicted molar refractivity (Wildman–Crippen MR) is 80.7 cm³/mol. The van der Waals surface area contributed by atoms with Crippen molar-refractivity contribution in [2.75, 3.05) is 5.33 Å². The molecule has 2 nitrogen and oxygen atoms in total. The minimum atomic E-state index is 0.404. The first-order valence-corrected chi connectivity index (χ1v) is 8.45. The van der Waals surface area contributed by atoms with Crippen LogP contribution in [-0.2, 0) is 19.4 Å². The van der Waals surface area contributed by atoms with Gasteiger partial charge in [0.15, 0.2) is 0 Å². The molecule has 18 heavy (non-hydrogen) atoms. The number of nitrogens with zero attached hydrogens (tertiary/aromatic N) is 2. The first kappa shape index (κ1) is 14.4. The summed E-state index contributed by atoms with van der Waals surface area (Å²) in [5, 5.41) is 6.61. The van der Waals surface area contributed by atoms with Gasteiger partial charge in [0.1, 0.15) is 0 Å². The van der Waals surface area contributed by atoms with E-state index >= 15 is 0 Å².